The van der Waals surface area contributed by atoms with Crippen molar-refractivity contribution in [2.75, 3.05) is 17.9 Å². The van der Waals surface area contributed by atoms with E-state index in [0.717, 1.165) is 11.3 Å². The zero-order chi connectivity index (χ0) is 26.5. The van der Waals surface area contributed by atoms with Crippen molar-refractivity contribution >= 4 is 42.9 Å². The molecule has 37 heavy (non-hydrogen) atoms. The van der Waals surface area contributed by atoms with Gasteiger partial charge in [0.2, 0.25) is 9.84 Å². The fraction of sp³-hybridized carbons (Fsp3) is 0.0800. The highest BCUT2D eigenvalue weighted by atomic mass is 32.2. The predicted octanol–water partition coefficient (Wildman–Crippen LogP) is 4.54. The van der Waals surface area contributed by atoms with Gasteiger partial charge in [-0.2, -0.15) is 0 Å². The number of benzene rings is 3. The number of anilines is 1. The smallest absolute Gasteiger partial charge is 0.335 e. The molecule has 1 aromatic heterocycles. The Morgan fingerprint density at radius 2 is 1.35 bits per heavy atom. The summed E-state index contributed by atoms with van der Waals surface area (Å²) in [6.45, 7) is 0.402. The van der Waals surface area contributed by atoms with Crippen LogP contribution in [-0.4, -0.2) is 41.1 Å². The molecule has 9 nitrogen and oxygen atoms in total. The number of hydrogen-bond acceptors (Lipinski definition) is 8. The third-order valence-electron chi connectivity index (χ3n) is 5.01. The molecule has 192 valence electrons. The van der Waals surface area contributed by atoms with Crippen LogP contribution in [0.25, 0.3) is 0 Å². The van der Waals surface area contributed by atoms with Crippen LogP contribution in [0.1, 0.15) is 10.4 Å². The first-order valence-corrected chi connectivity index (χ1v) is 14.6. The van der Waals surface area contributed by atoms with E-state index in [9.17, 15) is 21.6 Å². The van der Waals surface area contributed by atoms with Gasteiger partial charge in [0.05, 0.1) is 10.5 Å². The van der Waals surface area contributed by atoms with Crippen molar-refractivity contribution in [1.82, 2.24) is 0 Å². The Labute approximate surface area is 217 Å². The maximum Gasteiger partial charge on any atom is 0.335 e. The maximum absolute atomic E-state index is 13.0. The molecule has 1 heterocycles. The fourth-order valence-electron chi connectivity index (χ4n) is 3.24. The van der Waals surface area contributed by atoms with Crippen molar-refractivity contribution in [2.45, 2.75) is 14.0 Å². The van der Waals surface area contributed by atoms with Gasteiger partial charge < -0.3 is 14.6 Å². The normalized spacial score (nSPS) is 11.6. The number of carbonyl (C=O) groups is 1. The van der Waals surface area contributed by atoms with Gasteiger partial charge >= 0.3 is 5.97 Å². The Morgan fingerprint density at radius 3 is 1.92 bits per heavy atom. The second-order valence-electron chi connectivity index (χ2n) is 7.55. The minimum atomic E-state index is -4.17. The molecule has 0 unspecified atom stereocenters. The van der Waals surface area contributed by atoms with Crippen LogP contribution < -0.4 is 14.2 Å². The number of carboxylic acids is 1. The first-order chi connectivity index (χ1) is 17.7. The summed E-state index contributed by atoms with van der Waals surface area (Å²) >= 11 is 0.817. The molecule has 0 fully saturated rings. The third kappa shape index (κ3) is 6.28. The Balaban J connectivity index is 1.36. The van der Waals surface area contributed by atoms with Crippen LogP contribution in [0.2, 0.25) is 0 Å². The lowest BCUT2D eigenvalue weighted by atomic mass is 10.2. The van der Waals surface area contributed by atoms with E-state index in [4.69, 9.17) is 14.6 Å². The van der Waals surface area contributed by atoms with Crippen molar-refractivity contribution in [3.63, 3.8) is 0 Å². The molecule has 4 rings (SSSR count). The highest BCUT2D eigenvalue weighted by Crippen LogP contribution is 2.32. The minimum Gasteiger partial charge on any atom is -0.490 e. The molecule has 0 aliphatic heterocycles. The highest BCUT2D eigenvalue weighted by Gasteiger charge is 2.29. The van der Waals surface area contributed by atoms with E-state index >= 15 is 0 Å². The summed E-state index contributed by atoms with van der Waals surface area (Å²) < 4.78 is 65.2. The molecular formula is C25H21NO8S3. The molecular weight excluding hydrogens is 538 g/mol. The van der Waals surface area contributed by atoms with Gasteiger partial charge in [0.15, 0.2) is 4.21 Å². The number of ether oxygens (including phenoxy) is 2. The van der Waals surface area contributed by atoms with Gasteiger partial charge in [-0.15, -0.1) is 11.3 Å². The maximum atomic E-state index is 13.0. The average molecular weight is 560 g/mol. The van der Waals surface area contributed by atoms with Gasteiger partial charge in [0.1, 0.15) is 29.6 Å². The lowest BCUT2D eigenvalue weighted by molar-refractivity contribution is 0.0696. The Bertz CT molecular complexity index is 1580. The summed E-state index contributed by atoms with van der Waals surface area (Å²) in [5.74, 6) is -0.0505. The number of sulfonamides is 1. The topological polar surface area (TPSA) is 136 Å². The number of sulfone groups is 1. The zero-order valence-corrected chi connectivity index (χ0v) is 21.6. The zero-order valence-electron chi connectivity index (χ0n) is 19.1. The van der Waals surface area contributed by atoms with Crippen LogP contribution >= 0.6 is 11.3 Å². The monoisotopic (exact) mass is 559 g/mol. The molecule has 0 atom stereocenters. The van der Waals surface area contributed by atoms with Crippen LogP contribution in [0.5, 0.6) is 11.5 Å². The van der Waals surface area contributed by atoms with Crippen molar-refractivity contribution in [2.24, 2.45) is 0 Å². The van der Waals surface area contributed by atoms with E-state index in [1.807, 2.05) is 0 Å². The number of aromatic carboxylic acids is 1. The summed E-state index contributed by atoms with van der Waals surface area (Å²) in [6.07, 6.45) is 0. The second kappa shape index (κ2) is 11.0. The summed E-state index contributed by atoms with van der Waals surface area (Å²) in [7, 11) is -8.19. The molecule has 0 radical (unpaired) electrons. The average Bonchev–Trinajstić information content (AvgIpc) is 3.41. The van der Waals surface area contributed by atoms with Crippen LogP contribution in [0.4, 0.5) is 5.69 Å². The fourth-order valence-corrected chi connectivity index (χ4v) is 7.87. The van der Waals surface area contributed by atoms with Gasteiger partial charge in [0.25, 0.3) is 10.0 Å². The van der Waals surface area contributed by atoms with Crippen molar-refractivity contribution in [3.8, 4) is 11.5 Å². The Morgan fingerprint density at radius 1 is 0.784 bits per heavy atom. The van der Waals surface area contributed by atoms with E-state index in [2.05, 4.69) is 4.72 Å². The van der Waals surface area contributed by atoms with E-state index in [0.29, 0.717) is 11.5 Å². The number of thiophene rings is 1. The minimum absolute atomic E-state index is 0.00704. The van der Waals surface area contributed by atoms with Crippen LogP contribution in [-0.2, 0) is 19.9 Å². The number of hydrogen-bond donors (Lipinski definition) is 2. The second-order valence-corrected chi connectivity index (χ2v) is 12.3. The SMILES string of the molecule is O=C(O)c1ccc(OCCOc2ccc(NS(=O)(=O)c3sccc3S(=O)(=O)c3ccccc3)cc2)cc1. The highest BCUT2D eigenvalue weighted by molar-refractivity contribution is 7.96. The van der Waals surface area contributed by atoms with E-state index in [1.165, 1.54) is 47.8 Å². The molecule has 0 saturated carbocycles. The summed E-state index contributed by atoms with van der Waals surface area (Å²) in [4.78, 5) is 10.6. The largest absolute Gasteiger partial charge is 0.490 e. The molecule has 0 aliphatic rings. The van der Waals surface area contributed by atoms with Gasteiger partial charge in [-0.1, -0.05) is 18.2 Å². The predicted molar refractivity (Wildman–Crippen MR) is 138 cm³/mol. The molecule has 4 aromatic rings. The van der Waals surface area contributed by atoms with Crippen LogP contribution in [0, 0.1) is 0 Å². The van der Waals surface area contributed by atoms with Gasteiger partial charge in [-0.3, -0.25) is 4.72 Å². The number of nitrogens with one attached hydrogen (secondary N) is 1. The van der Waals surface area contributed by atoms with Gasteiger partial charge in [0, 0.05) is 5.69 Å². The lowest BCUT2D eigenvalue weighted by Gasteiger charge is -2.11. The molecule has 2 N–H and O–H groups in total. The molecule has 3 aromatic carbocycles. The van der Waals surface area contributed by atoms with Crippen LogP contribution in [0.3, 0.4) is 0 Å². The number of carboxylic acid groups (broad SMARTS) is 1. The van der Waals surface area contributed by atoms with Crippen molar-refractivity contribution < 1.29 is 36.2 Å². The molecule has 12 heteroatoms. The van der Waals surface area contributed by atoms with Crippen molar-refractivity contribution in [1.29, 1.82) is 0 Å². The summed E-state index contributed by atoms with van der Waals surface area (Å²) in [6, 6.07) is 21.0. The summed E-state index contributed by atoms with van der Waals surface area (Å²) in [5.41, 5.74) is 0.394. The molecule has 0 bridgehead atoms. The lowest BCUT2D eigenvalue weighted by Crippen LogP contribution is -2.15. The summed E-state index contributed by atoms with van der Waals surface area (Å²) in [5, 5.41) is 10.3. The quantitative estimate of drug-likeness (QED) is 0.256. The van der Waals surface area contributed by atoms with E-state index in [1.54, 1.807) is 42.5 Å². The number of rotatable bonds is 11. The third-order valence-corrected chi connectivity index (χ3v) is 9.95. The first-order valence-electron chi connectivity index (χ1n) is 10.8. The van der Waals surface area contributed by atoms with E-state index < -0.39 is 25.8 Å². The van der Waals surface area contributed by atoms with Crippen LogP contribution in [0.15, 0.2) is 104 Å². The standard InChI is InChI=1S/C25H21NO8S3/c27-24(28)18-6-10-20(11-7-18)33-15-16-34-21-12-8-19(9-13-21)26-37(31,32)25-23(14-17-35-25)36(29,30)22-4-2-1-3-5-22/h1-14,17,26H,15-16H2,(H,27,28). The van der Waals surface area contributed by atoms with Gasteiger partial charge in [-0.25, -0.2) is 21.6 Å². The van der Waals surface area contributed by atoms with E-state index in [-0.39, 0.29) is 38.5 Å². The van der Waals surface area contributed by atoms with Gasteiger partial charge in [-0.05, 0) is 72.1 Å². The Kier molecular flexibility index (Phi) is 7.81. The molecule has 0 saturated heterocycles. The first kappa shape index (κ1) is 26.2. The molecule has 0 spiro atoms. The Hall–Kier alpha value is -3.87. The van der Waals surface area contributed by atoms with Crippen molar-refractivity contribution in [3.05, 3.63) is 95.9 Å². The molecule has 0 aliphatic carbocycles. The molecule has 0 amide bonds.